The van der Waals surface area contributed by atoms with Crippen molar-refractivity contribution in [3.8, 4) is 0 Å². The van der Waals surface area contributed by atoms with Crippen molar-refractivity contribution in [3.05, 3.63) is 59.4 Å². The molecule has 0 fully saturated rings. The number of aromatic nitrogens is 1. The summed E-state index contributed by atoms with van der Waals surface area (Å²) >= 11 is 0. The molecule has 0 spiro atoms. The maximum atomic E-state index is 13.6. The molecule has 1 N–H and O–H groups in total. The summed E-state index contributed by atoms with van der Waals surface area (Å²) in [6.07, 6.45) is 2.94. The molecule has 0 aliphatic carbocycles. The van der Waals surface area contributed by atoms with Gasteiger partial charge in [-0.2, -0.15) is 0 Å². The van der Waals surface area contributed by atoms with E-state index in [-0.39, 0.29) is 0 Å². The van der Waals surface area contributed by atoms with Gasteiger partial charge in [-0.15, -0.1) is 0 Å². The van der Waals surface area contributed by atoms with Crippen LogP contribution in [0.15, 0.2) is 36.7 Å². The lowest BCUT2D eigenvalue weighted by atomic mass is 10.1. The minimum absolute atomic E-state index is 0.422. The minimum atomic E-state index is -0.876. The summed E-state index contributed by atoms with van der Waals surface area (Å²) in [6.45, 7) is 1.55. The van der Waals surface area contributed by atoms with Crippen LogP contribution in [0.2, 0.25) is 0 Å². The van der Waals surface area contributed by atoms with Gasteiger partial charge in [-0.1, -0.05) is 0 Å². The van der Waals surface area contributed by atoms with Gasteiger partial charge in [0, 0.05) is 18.1 Å². The van der Waals surface area contributed by atoms with Crippen molar-refractivity contribution in [3.63, 3.8) is 0 Å². The highest BCUT2D eigenvalue weighted by molar-refractivity contribution is 6.04. The molecule has 2 rings (SSSR count). The number of carbonyl (C=O) groups is 1. The summed E-state index contributed by atoms with van der Waals surface area (Å²) in [5.41, 5.74) is 0.261. The highest BCUT2D eigenvalue weighted by Crippen LogP contribution is 2.16. The molecule has 1 amide bonds. The van der Waals surface area contributed by atoms with Crippen molar-refractivity contribution in [2.45, 2.75) is 6.92 Å². The Labute approximate surface area is 102 Å². The molecule has 1 heterocycles. The Morgan fingerprint density at radius 1 is 1.17 bits per heavy atom. The largest absolute Gasteiger partial charge is 0.322 e. The van der Waals surface area contributed by atoms with Crippen LogP contribution in [0.4, 0.5) is 14.5 Å². The highest BCUT2D eigenvalue weighted by Gasteiger charge is 2.17. The van der Waals surface area contributed by atoms with Crippen LogP contribution in [0.5, 0.6) is 0 Å². The van der Waals surface area contributed by atoms with Crippen LogP contribution in [0.3, 0.4) is 0 Å². The van der Waals surface area contributed by atoms with Gasteiger partial charge in [0.25, 0.3) is 5.91 Å². The molecule has 0 aliphatic rings. The summed E-state index contributed by atoms with van der Waals surface area (Å²) in [7, 11) is 0. The standard InChI is InChI=1S/C13H10F2N2O/c1-8-6-10(14)12(11(15)7-8)13(18)17-9-2-4-16-5-3-9/h2-7H,1H3,(H,16,17,18). The molecule has 18 heavy (non-hydrogen) atoms. The third-order valence-electron chi connectivity index (χ3n) is 2.35. The molecule has 1 aromatic carbocycles. The summed E-state index contributed by atoms with van der Waals surface area (Å²) in [5, 5.41) is 2.40. The summed E-state index contributed by atoms with van der Waals surface area (Å²) in [4.78, 5) is 15.5. The van der Waals surface area contributed by atoms with E-state index in [0.717, 1.165) is 12.1 Å². The number of aryl methyl sites for hydroxylation is 1. The lowest BCUT2D eigenvalue weighted by Gasteiger charge is -2.07. The van der Waals surface area contributed by atoms with Crippen molar-refractivity contribution in [1.82, 2.24) is 4.98 Å². The highest BCUT2D eigenvalue weighted by atomic mass is 19.1. The maximum Gasteiger partial charge on any atom is 0.261 e. The van der Waals surface area contributed by atoms with E-state index in [9.17, 15) is 13.6 Å². The first-order chi connectivity index (χ1) is 8.58. The Morgan fingerprint density at radius 2 is 1.72 bits per heavy atom. The van der Waals surface area contributed by atoms with Crippen LogP contribution >= 0.6 is 0 Å². The van der Waals surface area contributed by atoms with Crippen molar-refractivity contribution in [1.29, 1.82) is 0 Å². The third-order valence-corrected chi connectivity index (χ3v) is 2.35. The number of hydrogen-bond acceptors (Lipinski definition) is 2. The van der Waals surface area contributed by atoms with Gasteiger partial charge in [0.05, 0.1) is 0 Å². The summed E-state index contributed by atoms with van der Waals surface area (Å²) < 4.78 is 27.1. The first kappa shape index (κ1) is 12.2. The van der Waals surface area contributed by atoms with Crippen molar-refractivity contribution >= 4 is 11.6 Å². The van der Waals surface area contributed by atoms with Crippen LogP contribution in [0.1, 0.15) is 15.9 Å². The molecule has 0 saturated heterocycles. The molecule has 0 saturated carbocycles. The van der Waals surface area contributed by atoms with E-state index in [1.54, 1.807) is 6.92 Å². The zero-order valence-electron chi connectivity index (χ0n) is 9.58. The summed E-state index contributed by atoms with van der Waals surface area (Å²) in [6, 6.07) is 5.29. The predicted octanol–water partition coefficient (Wildman–Crippen LogP) is 2.92. The number of amides is 1. The topological polar surface area (TPSA) is 42.0 Å². The van der Waals surface area contributed by atoms with Crippen LogP contribution in [0.25, 0.3) is 0 Å². The number of pyridine rings is 1. The number of hydrogen-bond donors (Lipinski definition) is 1. The second-order valence-electron chi connectivity index (χ2n) is 3.79. The Balaban J connectivity index is 2.30. The Bertz CT molecular complexity index is 562. The first-order valence-corrected chi connectivity index (χ1v) is 5.25. The third kappa shape index (κ3) is 2.51. The lowest BCUT2D eigenvalue weighted by molar-refractivity contribution is 0.101. The van der Waals surface area contributed by atoms with E-state index in [1.807, 2.05) is 0 Å². The fraction of sp³-hybridized carbons (Fsp3) is 0.0769. The maximum absolute atomic E-state index is 13.6. The Hall–Kier alpha value is -2.30. The molecule has 0 aliphatic heterocycles. The average molecular weight is 248 g/mol. The molecule has 0 radical (unpaired) electrons. The van der Waals surface area contributed by atoms with Gasteiger partial charge in [0.2, 0.25) is 0 Å². The number of anilines is 1. The van der Waals surface area contributed by atoms with E-state index in [0.29, 0.717) is 11.3 Å². The number of nitrogens with zero attached hydrogens (tertiary/aromatic N) is 1. The van der Waals surface area contributed by atoms with E-state index in [4.69, 9.17) is 0 Å². The zero-order valence-corrected chi connectivity index (χ0v) is 9.58. The number of rotatable bonds is 2. The lowest BCUT2D eigenvalue weighted by Crippen LogP contribution is -2.16. The molecule has 5 heteroatoms. The van der Waals surface area contributed by atoms with Crippen LogP contribution in [0, 0.1) is 18.6 Å². The number of halogens is 2. The quantitative estimate of drug-likeness (QED) is 0.887. The van der Waals surface area contributed by atoms with Crippen LogP contribution in [-0.4, -0.2) is 10.9 Å². The SMILES string of the molecule is Cc1cc(F)c(C(=O)Nc2ccncc2)c(F)c1. The molecular formula is C13H10F2N2O. The van der Waals surface area contributed by atoms with Gasteiger partial charge < -0.3 is 5.32 Å². The normalized spacial score (nSPS) is 10.2. The smallest absolute Gasteiger partial charge is 0.261 e. The molecule has 92 valence electrons. The zero-order chi connectivity index (χ0) is 13.1. The Kier molecular flexibility index (Phi) is 3.32. The number of carbonyl (C=O) groups excluding carboxylic acids is 1. The summed E-state index contributed by atoms with van der Waals surface area (Å²) in [5.74, 6) is -2.57. The predicted molar refractivity (Wildman–Crippen MR) is 63.3 cm³/mol. The fourth-order valence-corrected chi connectivity index (χ4v) is 1.55. The van der Waals surface area contributed by atoms with Gasteiger partial charge in [-0.3, -0.25) is 9.78 Å². The molecule has 0 unspecified atom stereocenters. The van der Waals surface area contributed by atoms with E-state index in [1.165, 1.54) is 24.5 Å². The van der Waals surface area contributed by atoms with Gasteiger partial charge in [0.15, 0.2) is 0 Å². The van der Waals surface area contributed by atoms with Crippen molar-refractivity contribution < 1.29 is 13.6 Å². The monoisotopic (exact) mass is 248 g/mol. The molecular weight excluding hydrogens is 238 g/mol. The minimum Gasteiger partial charge on any atom is -0.322 e. The first-order valence-electron chi connectivity index (χ1n) is 5.25. The van der Waals surface area contributed by atoms with Crippen LogP contribution < -0.4 is 5.32 Å². The van der Waals surface area contributed by atoms with Crippen molar-refractivity contribution in [2.75, 3.05) is 5.32 Å². The molecule has 0 bridgehead atoms. The van der Waals surface area contributed by atoms with E-state index >= 15 is 0 Å². The van der Waals surface area contributed by atoms with E-state index < -0.39 is 23.1 Å². The van der Waals surface area contributed by atoms with Gasteiger partial charge in [0.1, 0.15) is 17.2 Å². The average Bonchev–Trinajstić information content (AvgIpc) is 2.28. The molecule has 0 atom stereocenters. The van der Waals surface area contributed by atoms with Gasteiger partial charge >= 0.3 is 0 Å². The van der Waals surface area contributed by atoms with Gasteiger partial charge in [-0.05, 0) is 36.8 Å². The molecule has 2 aromatic rings. The number of benzene rings is 1. The Morgan fingerprint density at radius 3 is 2.28 bits per heavy atom. The van der Waals surface area contributed by atoms with Crippen molar-refractivity contribution in [2.24, 2.45) is 0 Å². The fourth-order valence-electron chi connectivity index (χ4n) is 1.55. The second kappa shape index (κ2) is 4.91. The second-order valence-corrected chi connectivity index (χ2v) is 3.79. The van der Waals surface area contributed by atoms with E-state index in [2.05, 4.69) is 10.3 Å². The van der Waals surface area contributed by atoms with Crippen LogP contribution in [-0.2, 0) is 0 Å². The molecule has 3 nitrogen and oxygen atoms in total. The van der Waals surface area contributed by atoms with Gasteiger partial charge in [-0.25, -0.2) is 8.78 Å². The number of nitrogens with one attached hydrogen (secondary N) is 1. The molecule has 1 aromatic heterocycles.